The topological polar surface area (TPSA) is 90.4 Å². The molecule has 2 aromatic carbocycles. The lowest BCUT2D eigenvalue weighted by Gasteiger charge is -2.45. The van der Waals surface area contributed by atoms with Crippen molar-refractivity contribution >= 4 is 48.4 Å². The number of alkyl halides is 4. The maximum Gasteiger partial charge on any atom is 0.388 e. The molecule has 0 bridgehead atoms. The minimum Gasteiger partial charge on any atom is -0.475 e. The molecule has 56 heavy (non-hydrogen) atoms. The Labute approximate surface area is 329 Å². The van der Waals surface area contributed by atoms with E-state index in [0.717, 1.165) is 16.4 Å². The van der Waals surface area contributed by atoms with E-state index in [1.54, 1.807) is 17.1 Å². The lowest BCUT2D eigenvalue weighted by Crippen LogP contribution is -2.68. The van der Waals surface area contributed by atoms with E-state index in [4.69, 9.17) is 18.6 Å². The van der Waals surface area contributed by atoms with Crippen molar-refractivity contribution in [3.63, 3.8) is 0 Å². The number of benzene rings is 2. The molecule has 298 valence electrons. The van der Waals surface area contributed by atoms with Crippen LogP contribution in [0.15, 0.2) is 72.4 Å². The summed E-state index contributed by atoms with van der Waals surface area (Å²) in [7, 11) is -2.96. The Hall–Kier alpha value is -4.30. The number of fused-ring (bicyclic) bond motifs is 2. The Bertz CT molecular complexity index is 2240. The molecule has 0 N–H and O–H groups in total. The number of hydrogen-bond acceptors (Lipinski definition) is 8. The second-order valence-corrected chi connectivity index (χ2v) is 26.9. The van der Waals surface area contributed by atoms with Crippen molar-refractivity contribution in [3.05, 3.63) is 78.1 Å². The minimum atomic E-state index is -3.17. The van der Waals surface area contributed by atoms with Gasteiger partial charge in [0.25, 0.3) is 14.7 Å². The van der Waals surface area contributed by atoms with E-state index < -0.39 is 41.2 Å². The predicted octanol–water partition coefficient (Wildman–Crippen LogP) is 8.55. The Kier molecular flexibility index (Phi) is 11.1. The fourth-order valence-electron chi connectivity index (χ4n) is 7.47. The Balaban J connectivity index is 1.37. The Morgan fingerprint density at radius 1 is 0.946 bits per heavy atom. The van der Waals surface area contributed by atoms with Gasteiger partial charge in [-0.25, -0.2) is 18.4 Å². The normalized spacial score (nSPS) is 15.2. The van der Waals surface area contributed by atoms with Crippen LogP contribution in [0.5, 0.6) is 11.8 Å². The van der Waals surface area contributed by atoms with Crippen molar-refractivity contribution in [2.24, 2.45) is 7.05 Å². The number of thiazole rings is 1. The molecule has 0 saturated heterocycles. The first-order valence-corrected chi connectivity index (χ1v) is 24.9. The molecule has 4 aromatic heterocycles. The summed E-state index contributed by atoms with van der Waals surface area (Å²) >= 11 is 1.25. The molecule has 10 nitrogen and oxygen atoms in total. The van der Waals surface area contributed by atoms with Gasteiger partial charge in [-0.3, -0.25) is 9.25 Å². The fourth-order valence-corrected chi connectivity index (χ4v) is 13.7. The van der Waals surface area contributed by atoms with Crippen LogP contribution < -0.4 is 19.8 Å². The third kappa shape index (κ3) is 7.58. The summed E-state index contributed by atoms with van der Waals surface area (Å²) in [5.41, 5.74) is 2.30. The van der Waals surface area contributed by atoms with Gasteiger partial charge in [0.05, 0.1) is 39.7 Å². The zero-order valence-corrected chi connectivity index (χ0v) is 35.2. The highest BCUT2D eigenvalue weighted by Crippen LogP contribution is 2.51. The molecular weight excluding hydrogens is 781 g/mol. The number of aryl methyl sites for hydroxylation is 1. The molecule has 6 aromatic rings. The van der Waals surface area contributed by atoms with Gasteiger partial charge in [0.2, 0.25) is 11.8 Å². The van der Waals surface area contributed by atoms with E-state index >= 15 is 8.78 Å². The van der Waals surface area contributed by atoms with Crippen LogP contribution >= 0.6 is 11.3 Å². The van der Waals surface area contributed by atoms with E-state index in [9.17, 15) is 8.78 Å². The van der Waals surface area contributed by atoms with Crippen LogP contribution in [0.3, 0.4) is 0 Å². The van der Waals surface area contributed by atoms with Gasteiger partial charge in [0.15, 0.2) is 5.65 Å². The first-order chi connectivity index (χ1) is 26.6. The maximum absolute atomic E-state index is 15.4. The molecular formula is C39H46F4N6O4SSi2. The third-order valence-corrected chi connectivity index (χ3v) is 17.6. The van der Waals surface area contributed by atoms with Gasteiger partial charge < -0.3 is 18.6 Å². The van der Waals surface area contributed by atoms with E-state index in [-0.39, 0.29) is 53.5 Å². The number of aromatic nitrogens is 6. The number of halogens is 4. The second-order valence-electron chi connectivity index (χ2n) is 16.2. The summed E-state index contributed by atoms with van der Waals surface area (Å²) < 4.78 is 88.2. The molecule has 7 rings (SSSR count). The van der Waals surface area contributed by atoms with E-state index in [2.05, 4.69) is 79.9 Å². The second kappa shape index (κ2) is 15.6. The summed E-state index contributed by atoms with van der Waals surface area (Å²) in [5, 5.41) is 10.4. The van der Waals surface area contributed by atoms with Crippen molar-refractivity contribution in [2.45, 2.75) is 83.9 Å². The maximum atomic E-state index is 15.4. The Morgan fingerprint density at radius 2 is 1.61 bits per heavy atom. The standard InChI is InChI=1S/C39H46F4N6O4SSi2/c1-39(2,3)56(26-14-10-8-11-15-26,27-16-12-9-13-17-27)53-25-20-49-37(51-22-25)30(31(45-49)34(40)41)32-29(28-21-47(4)46-36(28)52-38(42)43)33-35(44-23-54-33)48(32)24-50-18-19-55(5,6)7/h8-17,21,23,25,34,38H,18-20,22,24H2,1-7H3. The van der Waals surface area contributed by atoms with Crippen LogP contribution in [0.4, 0.5) is 17.6 Å². The molecule has 0 radical (unpaired) electrons. The number of ether oxygens (including phenoxy) is 3. The quantitative estimate of drug-likeness (QED) is 0.0618. The summed E-state index contributed by atoms with van der Waals surface area (Å²) in [5.74, 6) is -0.243. The average molecular weight is 827 g/mol. The smallest absolute Gasteiger partial charge is 0.388 e. The predicted molar refractivity (Wildman–Crippen MR) is 215 cm³/mol. The van der Waals surface area contributed by atoms with E-state index in [1.807, 2.05) is 36.4 Å². The van der Waals surface area contributed by atoms with Crippen LogP contribution in [0.25, 0.3) is 32.7 Å². The summed E-state index contributed by atoms with van der Waals surface area (Å²) in [6, 6.07) is 21.2. The molecule has 17 heteroatoms. The first-order valence-electron chi connectivity index (χ1n) is 18.4. The van der Waals surface area contributed by atoms with Gasteiger partial charge in [0.1, 0.15) is 19.0 Å². The zero-order chi connectivity index (χ0) is 40.0. The van der Waals surface area contributed by atoms with Crippen LogP contribution in [-0.2, 0) is 29.5 Å². The summed E-state index contributed by atoms with van der Waals surface area (Å²) in [6.07, 6.45) is -2.06. The summed E-state index contributed by atoms with van der Waals surface area (Å²) in [6.45, 7) is 10.6. The van der Waals surface area contributed by atoms with Crippen LogP contribution in [-0.4, -0.2) is 71.4 Å². The lowest BCUT2D eigenvalue weighted by atomic mass is 10.0. The van der Waals surface area contributed by atoms with Crippen molar-refractivity contribution in [2.75, 3.05) is 13.2 Å². The van der Waals surface area contributed by atoms with Crippen LogP contribution in [0.2, 0.25) is 30.7 Å². The van der Waals surface area contributed by atoms with Crippen molar-refractivity contribution in [3.8, 4) is 34.1 Å². The van der Waals surface area contributed by atoms with Gasteiger partial charge >= 0.3 is 6.61 Å². The van der Waals surface area contributed by atoms with Gasteiger partial charge in [-0.05, 0) is 21.5 Å². The molecule has 0 amide bonds. The highest BCUT2D eigenvalue weighted by Gasteiger charge is 2.52. The zero-order valence-electron chi connectivity index (χ0n) is 32.4. The molecule has 1 atom stereocenters. The monoisotopic (exact) mass is 826 g/mol. The van der Waals surface area contributed by atoms with Crippen LogP contribution in [0.1, 0.15) is 32.9 Å². The molecule has 5 heterocycles. The van der Waals surface area contributed by atoms with Gasteiger partial charge in [-0.15, -0.1) is 16.4 Å². The van der Waals surface area contributed by atoms with Crippen molar-refractivity contribution in [1.29, 1.82) is 0 Å². The van der Waals surface area contributed by atoms with Gasteiger partial charge in [-0.1, -0.05) is 101 Å². The molecule has 1 unspecified atom stereocenters. The largest absolute Gasteiger partial charge is 0.475 e. The molecule has 0 spiro atoms. The molecule has 1 aliphatic heterocycles. The van der Waals surface area contributed by atoms with E-state index in [0.29, 0.717) is 22.5 Å². The minimum absolute atomic E-state index is 0.0183. The Morgan fingerprint density at radius 3 is 2.20 bits per heavy atom. The highest BCUT2D eigenvalue weighted by molar-refractivity contribution is 7.17. The molecule has 0 fully saturated rings. The molecule has 1 aliphatic rings. The first kappa shape index (κ1) is 39.9. The fraction of sp³-hybridized carbons (Fsp3) is 0.410. The summed E-state index contributed by atoms with van der Waals surface area (Å²) in [4.78, 5) is 4.60. The SMILES string of the molecule is Cn1cc(-c2c(-c3c(C(F)F)nn4c3OCC(O[Si](c3ccccc3)(c3ccccc3)C(C)(C)C)C4)n(COCC[Si](C)(C)C)c3ncsc23)c(OC(F)F)n1. The number of rotatable bonds is 14. The van der Waals surface area contributed by atoms with E-state index in [1.165, 1.54) is 26.9 Å². The third-order valence-electron chi connectivity index (χ3n) is 9.94. The number of nitrogens with zero attached hydrogens (tertiary/aromatic N) is 6. The van der Waals surface area contributed by atoms with Gasteiger partial charge in [-0.2, -0.15) is 13.9 Å². The highest BCUT2D eigenvalue weighted by atomic mass is 32.1. The lowest BCUT2D eigenvalue weighted by molar-refractivity contribution is -0.0527. The molecule has 0 saturated carbocycles. The van der Waals surface area contributed by atoms with Crippen molar-refractivity contribution in [1.82, 2.24) is 29.1 Å². The van der Waals surface area contributed by atoms with Crippen LogP contribution in [0, 0.1) is 0 Å². The van der Waals surface area contributed by atoms with Gasteiger partial charge in [0, 0.05) is 33.5 Å². The number of hydrogen-bond donors (Lipinski definition) is 0. The van der Waals surface area contributed by atoms with Crippen molar-refractivity contribution < 1.29 is 36.2 Å². The molecule has 0 aliphatic carbocycles. The average Bonchev–Trinajstić information content (AvgIpc) is 3.90.